The molecule has 0 aromatic heterocycles. The second-order valence-electron chi connectivity index (χ2n) is 4.03. The molecular formula is C15H12FN. The van der Waals surface area contributed by atoms with Gasteiger partial charge in [-0.15, -0.1) is 0 Å². The van der Waals surface area contributed by atoms with Crippen molar-refractivity contribution in [3.8, 4) is 0 Å². The van der Waals surface area contributed by atoms with Gasteiger partial charge in [0.2, 0.25) is 0 Å². The zero-order valence-corrected chi connectivity index (χ0v) is 9.31. The molecule has 0 saturated heterocycles. The zero-order valence-electron chi connectivity index (χ0n) is 9.31. The van der Waals surface area contributed by atoms with Crippen molar-refractivity contribution < 1.29 is 4.39 Å². The first-order valence-corrected chi connectivity index (χ1v) is 5.63. The molecular weight excluding hydrogens is 213 g/mol. The lowest BCUT2D eigenvalue weighted by Gasteiger charge is -2.28. The van der Waals surface area contributed by atoms with E-state index in [1.54, 1.807) is 6.08 Å². The Morgan fingerprint density at radius 3 is 2.71 bits per heavy atom. The highest BCUT2D eigenvalue weighted by Gasteiger charge is 2.21. The molecule has 1 nitrogen and oxygen atoms in total. The fourth-order valence-electron chi connectivity index (χ4n) is 2.16. The first-order valence-electron chi connectivity index (χ1n) is 5.63. The van der Waals surface area contributed by atoms with E-state index in [0.29, 0.717) is 12.1 Å². The Kier molecular flexibility index (Phi) is 2.41. The van der Waals surface area contributed by atoms with E-state index in [1.165, 1.54) is 0 Å². The Morgan fingerprint density at radius 1 is 1.06 bits per heavy atom. The van der Waals surface area contributed by atoms with Crippen LogP contribution in [0, 0.1) is 0 Å². The molecule has 0 spiro atoms. The summed E-state index contributed by atoms with van der Waals surface area (Å²) in [5.41, 5.74) is 2.53. The number of hydrogen-bond acceptors (Lipinski definition) is 1. The molecule has 2 heterocycles. The molecule has 0 bridgehead atoms. The van der Waals surface area contributed by atoms with Gasteiger partial charge >= 0.3 is 0 Å². The quantitative estimate of drug-likeness (QED) is 0.705. The smallest absolute Gasteiger partial charge is 0.130 e. The largest absolute Gasteiger partial charge is 0.343 e. The number of benzene rings is 1. The number of nitrogens with zero attached hydrogens (tertiary/aromatic N) is 1. The summed E-state index contributed by atoms with van der Waals surface area (Å²) in [6.07, 6.45) is 9.45. The van der Waals surface area contributed by atoms with Gasteiger partial charge in [-0.05, 0) is 23.8 Å². The molecule has 0 saturated carbocycles. The monoisotopic (exact) mass is 225 g/mol. The fraction of sp³-hybridized carbons (Fsp3) is 0.0667. The summed E-state index contributed by atoms with van der Waals surface area (Å²) in [6, 6.07) is 9.67. The topological polar surface area (TPSA) is 3.24 Å². The molecule has 1 aromatic carbocycles. The summed E-state index contributed by atoms with van der Waals surface area (Å²) in [7, 11) is 0. The van der Waals surface area contributed by atoms with Crippen molar-refractivity contribution in [3.63, 3.8) is 0 Å². The third-order valence-electron chi connectivity index (χ3n) is 2.97. The Hall–Kier alpha value is -2.09. The highest BCUT2D eigenvalue weighted by Crippen LogP contribution is 2.34. The van der Waals surface area contributed by atoms with Crippen LogP contribution in [0.3, 0.4) is 0 Å². The van der Waals surface area contributed by atoms with Crippen LogP contribution in [0.25, 0.3) is 5.57 Å². The Labute approximate surface area is 99.9 Å². The van der Waals surface area contributed by atoms with Crippen LogP contribution in [0.2, 0.25) is 0 Å². The van der Waals surface area contributed by atoms with Crippen molar-refractivity contribution in [1.82, 2.24) is 4.90 Å². The minimum atomic E-state index is -0.137. The summed E-state index contributed by atoms with van der Waals surface area (Å²) >= 11 is 0. The van der Waals surface area contributed by atoms with Crippen LogP contribution in [0.4, 0.5) is 4.39 Å². The van der Waals surface area contributed by atoms with Crippen LogP contribution in [-0.2, 0) is 0 Å². The second-order valence-corrected chi connectivity index (χ2v) is 4.03. The van der Waals surface area contributed by atoms with Gasteiger partial charge in [-0.25, -0.2) is 4.39 Å². The number of rotatable bonds is 1. The van der Waals surface area contributed by atoms with E-state index in [-0.39, 0.29) is 5.83 Å². The molecule has 2 heteroatoms. The average molecular weight is 225 g/mol. The van der Waals surface area contributed by atoms with Gasteiger partial charge in [0.25, 0.3) is 0 Å². The van der Waals surface area contributed by atoms with E-state index < -0.39 is 0 Å². The number of hydrogen-bond donors (Lipinski definition) is 0. The SMILES string of the molecule is FC1=CCN2C=CC=CC2=C1c1ccccc1. The lowest BCUT2D eigenvalue weighted by atomic mass is 9.98. The fourth-order valence-corrected chi connectivity index (χ4v) is 2.16. The molecule has 3 rings (SSSR count). The molecule has 2 aliphatic heterocycles. The van der Waals surface area contributed by atoms with E-state index in [1.807, 2.05) is 59.7 Å². The summed E-state index contributed by atoms with van der Waals surface area (Å²) in [6.45, 7) is 0.596. The van der Waals surface area contributed by atoms with E-state index in [9.17, 15) is 4.39 Å². The normalized spacial score (nSPS) is 18.2. The van der Waals surface area contributed by atoms with Gasteiger partial charge in [-0.3, -0.25) is 0 Å². The second kappa shape index (κ2) is 4.06. The highest BCUT2D eigenvalue weighted by atomic mass is 19.1. The summed E-state index contributed by atoms with van der Waals surface area (Å²) in [5, 5.41) is 0. The van der Waals surface area contributed by atoms with Crippen LogP contribution in [-0.4, -0.2) is 11.4 Å². The number of halogens is 1. The lowest BCUT2D eigenvalue weighted by Crippen LogP contribution is -2.22. The molecule has 0 N–H and O–H groups in total. The summed E-state index contributed by atoms with van der Waals surface area (Å²) in [5.74, 6) is -0.137. The van der Waals surface area contributed by atoms with Gasteiger partial charge in [-0.2, -0.15) is 0 Å². The van der Waals surface area contributed by atoms with E-state index in [2.05, 4.69) is 0 Å². The maximum atomic E-state index is 14.0. The van der Waals surface area contributed by atoms with Crippen LogP contribution < -0.4 is 0 Å². The van der Waals surface area contributed by atoms with Crippen molar-refractivity contribution in [3.05, 3.63) is 77.9 Å². The molecule has 84 valence electrons. The summed E-state index contributed by atoms with van der Waals surface area (Å²) < 4.78 is 14.0. The van der Waals surface area contributed by atoms with Crippen molar-refractivity contribution >= 4 is 5.57 Å². The molecule has 1 aromatic rings. The van der Waals surface area contributed by atoms with Gasteiger partial charge in [0, 0.05) is 18.3 Å². The molecule has 0 unspecified atom stereocenters. The van der Waals surface area contributed by atoms with Crippen molar-refractivity contribution in [2.45, 2.75) is 0 Å². The minimum absolute atomic E-state index is 0.137. The molecule has 0 fully saturated rings. The van der Waals surface area contributed by atoms with Crippen LogP contribution in [0.5, 0.6) is 0 Å². The Balaban J connectivity index is 2.17. The van der Waals surface area contributed by atoms with Crippen molar-refractivity contribution in [1.29, 1.82) is 0 Å². The van der Waals surface area contributed by atoms with Crippen molar-refractivity contribution in [2.24, 2.45) is 0 Å². The van der Waals surface area contributed by atoms with Gasteiger partial charge in [0.15, 0.2) is 0 Å². The maximum Gasteiger partial charge on any atom is 0.130 e. The lowest BCUT2D eigenvalue weighted by molar-refractivity contribution is 0.507. The Bertz CT molecular complexity index is 550. The molecule has 0 atom stereocenters. The first kappa shape index (κ1) is 10.1. The maximum absolute atomic E-state index is 14.0. The van der Waals surface area contributed by atoms with Gasteiger partial charge in [0.05, 0.1) is 5.70 Å². The number of allylic oxidation sites excluding steroid dienone is 5. The molecule has 2 aliphatic rings. The first-order chi connectivity index (χ1) is 8.36. The van der Waals surface area contributed by atoms with Crippen molar-refractivity contribution in [2.75, 3.05) is 6.54 Å². The zero-order chi connectivity index (χ0) is 11.7. The predicted octanol–water partition coefficient (Wildman–Crippen LogP) is 3.65. The predicted molar refractivity (Wildman–Crippen MR) is 67.5 cm³/mol. The van der Waals surface area contributed by atoms with Crippen LogP contribution in [0.1, 0.15) is 5.56 Å². The van der Waals surface area contributed by atoms with E-state index >= 15 is 0 Å². The van der Waals surface area contributed by atoms with Gasteiger partial charge < -0.3 is 4.90 Å². The van der Waals surface area contributed by atoms with Crippen LogP contribution in [0.15, 0.2) is 72.4 Å². The molecule has 17 heavy (non-hydrogen) atoms. The highest BCUT2D eigenvalue weighted by molar-refractivity contribution is 5.82. The third-order valence-corrected chi connectivity index (χ3v) is 2.97. The van der Waals surface area contributed by atoms with E-state index in [4.69, 9.17) is 0 Å². The van der Waals surface area contributed by atoms with Gasteiger partial charge in [0.1, 0.15) is 5.83 Å². The molecule has 0 radical (unpaired) electrons. The standard InChI is InChI=1S/C15H12FN/c16-13-9-11-17-10-5-4-8-14(17)15(13)12-6-2-1-3-7-12/h1-10H,11H2. The Morgan fingerprint density at radius 2 is 1.88 bits per heavy atom. The van der Waals surface area contributed by atoms with E-state index in [0.717, 1.165) is 11.3 Å². The molecule has 0 aliphatic carbocycles. The average Bonchev–Trinajstić information content (AvgIpc) is 2.39. The summed E-state index contributed by atoms with van der Waals surface area (Å²) in [4.78, 5) is 2.05. The third kappa shape index (κ3) is 1.72. The number of fused-ring (bicyclic) bond motifs is 1. The minimum Gasteiger partial charge on any atom is -0.343 e. The molecule has 0 amide bonds. The van der Waals surface area contributed by atoms with Gasteiger partial charge in [-0.1, -0.05) is 36.4 Å². The van der Waals surface area contributed by atoms with Crippen LogP contribution >= 0.6 is 0 Å².